The first-order chi connectivity index (χ1) is 15.7. The van der Waals surface area contributed by atoms with Crippen LogP contribution in [0.1, 0.15) is 36.1 Å². The third-order valence-electron chi connectivity index (χ3n) is 6.21. The summed E-state index contributed by atoms with van der Waals surface area (Å²) in [6.07, 6.45) is 2.07. The summed E-state index contributed by atoms with van der Waals surface area (Å²) in [6.45, 7) is 17.9. The zero-order valence-corrected chi connectivity index (χ0v) is 25.8. The number of hydrogen-bond acceptors (Lipinski definition) is 5. The Morgan fingerprint density at radius 3 is 1.32 bits per heavy atom. The molecule has 0 amide bonds. The molecule has 0 fully saturated rings. The van der Waals surface area contributed by atoms with Crippen molar-refractivity contribution >= 4 is 28.0 Å². The highest BCUT2D eigenvalue weighted by Crippen LogP contribution is 2.35. The van der Waals surface area contributed by atoms with Crippen molar-refractivity contribution in [1.29, 1.82) is 0 Å². The van der Waals surface area contributed by atoms with Gasteiger partial charge in [0.1, 0.15) is 0 Å². The molecule has 0 unspecified atom stereocenters. The Morgan fingerprint density at radius 1 is 0.676 bits per heavy atom. The molecule has 2 rings (SSSR count). The van der Waals surface area contributed by atoms with Gasteiger partial charge in [0.25, 0.3) is 0 Å². The van der Waals surface area contributed by atoms with Crippen LogP contribution in [0.3, 0.4) is 0 Å². The molecule has 0 spiro atoms. The van der Waals surface area contributed by atoms with Crippen LogP contribution in [0.15, 0.2) is 36.4 Å². The van der Waals surface area contributed by atoms with Gasteiger partial charge in [-0.05, 0) is 88.5 Å². The van der Waals surface area contributed by atoms with Gasteiger partial charge in [-0.25, -0.2) is 0 Å². The molecule has 0 aliphatic heterocycles. The summed E-state index contributed by atoms with van der Waals surface area (Å²) >= 11 is 0. The molecule has 2 aromatic carbocycles. The Hall–Kier alpha value is -1.65. The van der Waals surface area contributed by atoms with Crippen LogP contribution in [0.4, 0.5) is 11.4 Å². The molecule has 0 radical (unpaired) electrons. The second-order valence-corrected chi connectivity index (χ2v) is 19.4. The number of nitrogens with one attached hydrogen (secondary N) is 4. The van der Waals surface area contributed by atoms with E-state index in [-0.39, 0.29) is 5.41 Å². The molecule has 192 valence electrons. The smallest absolute Gasteiger partial charge is 0.187 e. The van der Waals surface area contributed by atoms with Gasteiger partial charge in [-0.15, -0.1) is 0 Å². The van der Waals surface area contributed by atoms with Gasteiger partial charge in [0.05, 0.1) is 0 Å². The molecule has 0 aromatic heterocycles. The summed E-state index contributed by atoms with van der Waals surface area (Å²) in [5.74, 6) is 0. The molecule has 4 N–H and O–H groups in total. The van der Waals surface area contributed by atoms with Crippen LogP contribution in [-0.2, 0) is 9.53 Å². The predicted octanol–water partition coefficient (Wildman–Crippen LogP) is 5.64. The summed E-state index contributed by atoms with van der Waals surface area (Å²) in [5.41, 5.74) is 7.56. The summed E-state index contributed by atoms with van der Waals surface area (Å²) in [6, 6.07) is 13.4. The van der Waals surface area contributed by atoms with Crippen LogP contribution in [0, 0.1) is 13.8 Å². The highest BCUT2D eigenvalue weighted by molar-refractivity contribution is 6.85. The molecule has 5 nitrogen and oxygen atoms in total. The second kappa shape index (κ2) is 12.9. The average Bonchev–Trinajstić information content (AvgIpc) is 2.73. The summed E-state index contributed by atoms with van der Waals surface area (Å²) in [4.78, 5) is 0. The van der Waals surface area contributed by atoms with E-state index >= 15 is 0 Å². The summed E-state index contributed by atoms with van der Waals surface area (Å²) < 4.78 is 6.26. The van der Waals surface area contributed by atoms with Gasteiger partial charge >= 0.3 is 0 Å². The first kappa shape index (κ1) is 30.4. The van der Waals surface area contributed by atoms with E-state index in [1.54, 1.807) is 0 Å². The largest absolute Gasteiger partial charge is 0.454 e. The van der Waals surface area contributed by atoms with Crippen LogP contribution >= 0.6 is 0 Å². The molecular weight excluding hydrogens is 452 g/mol. The SMILES string of the molecule is CNC[Si](C)(C)O[Si](C)(C)CNC.CNc1cc(C(C)(C)c2ccc(C)c(NC)c2)ccc1C. The maximum absolute atomic E-state index is 6.26. The normalized spacial score (nSPS) is 12.1. The molecule has 0 heterocycles. The lowest BCUT2D eigenvalue weighted by molar-refractivity contribution is 0.528. The first-order valence-corrected chi connectivity index (χ1v) is 18.5. The summed E-state index contributed by atoms with van der Waals surface area (Å²) in [5, 5.41) is 13.0. The van der Waals surface area contributed by atoms with E-state index < -0.39 is 16.6 Å². The standard InChI is InChI=1S/C19H26N2.C8H24N2OSi2/c1-13-7-9-15(11-17(13)20-5)19(3,4)16-10-8-14(2)18(12-16)21-6;1-9-7-12(3,4)11-13(5,6)8-10-2/h7-12,20-21H,1-6H3;9-10H,7-8H2,1-6H3. The van der Waals surface area contributed by atoms with Crippen molar-refractivity contribution in [2.75, 3.05) is 51.2 Å². The molecule has 7 heteroatoms. The van der Waals surface area contributed by atoms with Gasteiger partial charge in [0.15, 0.2) is 16.6 Å². The average molecular weight is 503 g/mol. The maximum atomic E-state index is 6.26. The van der Waals surface area contributed by atoms with Crippen molar-refractivity contribution < 1.29 is 4.12 Å². The minimum atomic E-state index is -1.47. The first-order valence-electron chi connectivity index (χ1n) is 12.3. The second-order valence-electron chi connectivity index (χ2n) is 10.9. The van der Waals surface area contributed by atoms with E-state index in [2.05, 4.69) is 112 Å². The summed E-state index contributed by atoms with van der Waals surface area (Å²) in [7, 11) is 5.00. The van der Waals surface area contributed by atoms with E-state index in [1.165, 1.54) is 33.6 Å². The quantitative estimate of drug-likeness (QED) is 0.317. The maximum Gasteiger partial charge on any atom is 0.187 e. The minimum Gasteiger partial charge on any atom is -0.454 e. The zero-order chi connectivity index (χ0) is 26.2. The predicted molar refractivity (Wildman–Crippen MR) is 157 cm³/mol. The zero-order valence-electron chi connectivity index (χ0n) is 23.8. The Kier molecular flexibility index (Phi) is 11.5. The van der Waals surface area contributed by atoms with Gasteiger partial charge in [0, 0.05) is 43.2 Å². The lowest BCUT2D eigenvalue weighted by Crippen LogP contribution is -2.53. The Labute approximate surface area is 211 Å². The fraction of sp³-hybridized carbons (Fsp3) is 0.556. The van der Waals surface area contributed by atoms with Crippen molar-refractivity contribution in [3.05, 3.63) is 58.7 Å². The molecule has 0 aliphatic carbocycles. The van der Waals surface area contributed by atoms with Gasteiger partial charge in [0.2, 0.25) is 0 Å². The minimum absolute atomic E-state index is 0.0292. The molecular formula is C27H50N4OSi2. The van der Waals surface area contributed by atoms with Crippen molar-refractivity contribution in [1.82, 2.24) is 10.6 Å². The third-order valence-corrected chi connectivity index (χ3v) is 13.0. The van der Waals surface area contributed by atoms with Crippen LogP contribution in [-0.4, -0.2) is 57.2 Å². The van der Waals surface area contributed by atoms with Crippen LogP contribution in [0.25, 0.3) is 0 Å². The van der Waals surface area contributed by atoms with Gasteiger partial charge < -0.3 is 25.4 Å². The lowest BCUT2D eigenvalue weighted by atomic mass is 9.77. The van der Waals surface area contributed by atoms with Crippen molar-refractivity contribution in [3.8, 4) is 0 Å². The molecule has 0 bridgehead atoms. The monoisotopic (exact) mass is 502 g/mol. The number of benzene rings is 2. The van der Waals surface area contributed by atoms with Crippen LogP contribution in [0.5, 0.6) is 0 Å². The van der Waals surface area contributed by atoms with E-state index in [0.717, 1.165) is 12.3 Å². The van der Waals surface area contributed by atoms with E-state index in [0.29, 0.717) is 0 Å². The number of anilines is 2. The van der Waals surface area contributed by atoms with Gasteiger partial charge in [-0.2, -0.15) is 0 Å². The van der Waals surface area contributed by atoms with Crippen LogP contribution in [0.2, 0.25) is 26.2 Å². The van der Waals surface area contributed by atoms with Crippen molar-refractivity contribution in [2.24, 2.45) is 0 Å². The molecule has 0 atom stereocenters. The topological polar surface area (TPSA) is 57.4 Å². The Morgan fingerprint density at radius 2 is 1.03 bits per heavy atom. The number of aryl methyl sites for hydroxylation is 2. The fourth-order valence-corrected chi connectivity index (χ4v) is 12.7. The Bertz CT molecular complexity index is 842. The highest BCUT2D eigenvalue weighted by Gasteiger charge is 2.31. The van der Waals surface area contributed by atoms with Crippen molar-refractivity contribution in [3.63, 3.8) is 0 Å². The van der Waals surface area contributed by atoms with E-state index in [4.69, 9.17) is 4.12 Å². The van der Waals surface area contributed by atoms with Gasteiger partial charge in [-0.3, -0.25) is 0 Å². The number of rotatable bonds is 10. The Balaban J connectivity index is 0.000000385. The van der Waals surface area contributed by atoms with Crippen LogP contribution < -0.4 is 21.3 Å². The van der Waals surface area contributed by atoms with E-state index in [9.17, 15) is 0 Å². The van der Waals surface area contributed by atoms with Crippen molar-refractivity contribution in [2.45, 2.75) is 59.3 Å². The number of hydrogen-bond donors (Lipinski definition) is 4. The molecule has 0 saturated carbocycles. The molecule has 2 aromatic rings. The highest BCUT2D eigenvalue weighted by atomic mass is 28.4. The molecule has 34 heavy (non-hydrogen) atoms. The molecule has 0 aliphatic rings. The fourth-order valence-electron chi connectivity index (χ4n) is 4.40. The van der Waals surface area contributed by atoms with Gasteiger partial charge in [-0.1, -0.05) is 38.1 Å². The molecule has 0 saturated heterocycles. The third kappa shape index (κ3) is 8.85. The van der Waals surface area contributed by atoms with E-state index in [1.807, 2.05) is 28.2 Å². The lowest BCUT2D eigenvalue weighted by Gasteiger charge is -2.33.